The Labute approximate surface area is 178 Å². The number of hydrogen-bond donors (Lipinski definition) is 0. The number of para-hydroxylation sites is 1. The minimum atomic E-state index is 0.0319. The number of carbonyl (C=O) groups is 1. The van der Waals surface area contributed by atoms with Crippen molar-refractivity contribution < 1.29 is 14.3 Å². The smallest absolute Gasteiger partial charge is 0.260 e. The Kier molecular flexibility index (Phi) is 5.56. The normalized spacial score (nSPS) is 19.8. The van der Waals surface area contributed by atoms with Crippen molar-refractivity contribution in [1.82, 2.24) is 4.90 Å². The predicted molar refractivity (Wildman–Crippen MR) is 121 cm³/mol. The lowest BCUT2D eigenvalue weighted by Crippen LogP contribution is -2.46. The molecule has 0 N–H and O–H groups in total. The summed E-state index contributed by atoms with van der Waals surface area (Å²) in [5.74, 6) is 1.48. The summed E-state index contributed by atoms with van der Waals surface area (Å²) in [6.07, 6.45) is 4.32. The van der Waals surface area contributed by atoms with Gasteiger partial charge in [0.2, 0.25) is 0 Å². The van der Waals surface area contributed by atoms with Crippen LogP contribution < -0.4 is 14.4 Å². The summed E-state index contributed by atoms with van der Waals surface area (Å²) < 4.78 is 10.9. The van der Waals surface area contributed by atoms with Gasteiger partial charge in [-0.05, 0) is 55.1 Å². The van der Waals surface area contributed by atoms with E-state index in [2.05, 4.69) is 18.7 Å². The van der Waals surface area contributed by atoms with Gasteiger partial charge in [0.1, 0.15) is 11.5 Å². The molecule has 0 spiro atoms. The Bertz CT molecular complexity index is 980. The second-order valence-electron chi connectivity index (χ2n) is 8.88. The highest BCUT2D eigenvalue weighted by Gasteiger charge is 2.35. The molecule has 158 valence electrons. The third kappa shape index (κ3) is 3.94. The number of piperidine rings is 1. The quantitative estimate of drug-likeness (QED) is 0.677. The predicted octanol–water partition coefficient (Wildman–Crippen LogP) is 4.67. The molecule has 30 heavy (non-hydrogen) atoms. The lowest BCUT2D eigenvalue weighted by atomic mass is 9.84. The number of amides is 1. The zero-order valence-electron chi connectivity index (χ0n) is 18.3. The van der Waals surface area contributed by atoms with Gasteiger partial charge in [0.05, 0.1) is 26.6 Å². The largest absolute Gasteiger partial charge is 0.497 e. The van der Waals surface area contributed by atoms with E-state index in [1.54, 1.807) is 14.2 Å². The Morgan fingerprint density at radius 1 is 1.10 bits per heavy atom. The molecule has 0 saturated carbocycles. The fourth-order valence-corrected chi connectivity index (χ4v) is 4.56. The molecule has 0 aliphatic carbocycles. The first-order valence-corrected chi connectivity index (χ1v) is 10.5. The van der Waals surface area contributed by atoms with Crippen LogP contribution in [0.5, 0.6) is 11.5 Å². The molecule has 2 aliphatic rings. The molecule has 0 aromatic heterocycles. The summed E-state index contributed by atoms with van der Waals surface area (Å²) in [4.78, 5) is 17.8. The van der Waals surface area contributed by atoms with Crippen LogP contribution in [0, 0.1) is 5.41 Å². The highest BCUT2D eigenvalue weighted by molar-refractivity contribution is 6.35. The first-order valence-electron chi connectivity index (χ1n) is 10.5. The molecule has 2 aromatic carbocycles. The van der Waals surface area contributed by atoms with Crippen molar-refractivity contribution in [2.75, 3.05) is 38.9 Å². The van der Waals surface area contributed by atoms with Gasteiger partial charge in [0.25, 0.3) is 5.91 Å². The van der Waals surface area contributed by atoms with E-state index in [1.807, 2.05) is 53.4 Å². The van der Waals surface area contributed by atoms with Crippen molar-refractivity contribution in [3.05, 3.63) is 53.6 Å². The van der Waals surface area contributed by atoms with Gasteiger partial charge in [0.15, 0.2) is 0 Å². The van der Waals surface area contributed by atoms with Gasteiger partial charge in [-0.2, -0.15) is 0 Å². The van der Waals surface area contributed by atoms with E-state index in [4.69, 9.17) is 9.47 Å². The summed E-state index contributed by atoms with van der Waals surface area (Å²) >= 11 is 0. The van der Waals surface area contributed by atoms with Gasteiger partial charge in [0, 0.05) is 23.2 Å². The van der Waals surface area contributed by atoms with Crippen LogP contribution in [0.25, 0.3) is 11.6 Å². The molecule has 2 aliphatic heterocycles. The number of hydrogen-bond acceptors (Lipinski definition) is 4. The Hall–Kier alpha value is -2.79. The van der Waals surface area contributed by atoms with Crippen molar-refractivity contribution in [2.24, 2.45) is 5.41 Å². The van der Waals surface area contributed by atoms with Crippen LogP contribution in [0.2, 0.25) is 0 Å². The van der Waals surface area contributed by atoms with Gasteiger partial charge in [-0.3, -0.25) is 14.6 Å². The van der Waals surface area contributed by atoms with Gasteiger partial charge in [-0.25, -0.2) is 0 Å². The molecule has 1 amide bonds. The van der Waals surface area contributed by atoms with Crippen molar-refractivity contribution in [3.63, 3.8) is 0 Å². The zero-order valence-corrected chi connectivity index (χ0v) is 18.3. The Morgan fingerprint density at radius 3 is 2.63 bits per heavy atom. The molecule has 4 rings (SSSR count). The summed E-state index contributed by atoms with van der Waals surface area (Å²) in [6.45, 7) is 7.25. The molecule has 5 heteroatoms. The second kappa shape index (κ2) is 8.15. The molecule has 0 unspecified atom stereocenters. The third-order valence-corrected chi connectivity index (χ3v) is 6.02. The van der Waals surface area contributed by atoms with E-state index in [-0.39, 0.29) is 11.3 Å². The van der Waals surface area contributed by atoms with Gasteiger partial charge in [-0.15, -0.1) is 0 Å². The number of methoxy groups -OCH3 is 2. The number of anilines is 1. The fourth-order valence-electron chi connectivity index (χ4n) is 4.56. The van der Waals surface area contributed by atoms with Crippen LogP contribution in [0.15, 0.2) is 42.5 Å². The minimum absolute atomic E-state index is 0.0319. The topological polar surface area (TPSA) is 42.0 Å². The molecular weight excluding hydrogens is 376 g/mol. The number of ether oxygens (including phenoxy) is 2. The van der Waals surface area contributed by atoms with Crippen LogP contribution in [0.1, 0.15) is 37.8 Å². The van der Waals surface area contributed by atoms with Crippen LogP contribution in [0.4, 0.5) is 5.69 Å². The lowest BCUT2D eigenvalue weighted by Gasteiger charge is -2.39. The van der Waals surface area contributed by atoms with E-state index >= 15 is 0 Å². The molecule has 1 fully saturated rings. The molecular formula is C25H30N2O3. The van der Waals surface area contributed by atoms with Crippen LogP contribution in [0.3, 0.4) is 0 Å². The molecule has 0 atom stereocenters. The summed E-state index contributed by atoms with van der Waals surface area (Å²) in [7, 11) is 3.27. The number of likely N-dealkylation sites (tertiary alicyclic amines) is 1. The number of fused-ring (bicyclic) bond motifs is 1. The molecule has 0 radical (unpaired) electrons. The molecule has 1 saturated heterocycles. The highest BCUT2D eigenvalue weighted by atomic mass is 16.5. The number of nitrogens with zero attached hydrogens (tertiary/aromatic N) is 2. The molecule has 2 aromatic rings. The number of benzene rings is 2. The maximum Gasteiger partial charge on any atom is 0.260 e. The summed E-state index contributed by atoms with van der Waals surface area (Å²) in [5, 5.41) is 0. The zero-order chi connectivity index (χ0) is 21.3. The number of carbonyl (C=O) groups excluding carboxylic acids is 1. The first kappa shape index (κ1) is 20.5. The van der Waals surface area contributed by atoms with E-state index in [0.717, 1.165) is 35.7 Å². The Balaban J connectivity index is 1.70. The SMILES string of the molecule is COc1ccc(OC)c(C=C2C(=O)N(CN3CCCC(C)(C)C3)c3ccccc32)c1. The standard InChI is InChI=1S/C25H30N2O3/c1-25(2)12-7-13-26(16-25)17-27-22-9-6-5-8-20(22)21(24(27)28)15-18-14-19(29-3)10-11-23(18)30-4/h5-6,8-11,14-15H,7,12-13,16-17H2,1-4H3. The molecule has 5 nitrogen and oxygen atoms in total. The van der Waals surface area contributed by atoms with Gasteiger partial charge < -0.3 is 9.47 Å². The molecule has 2 heterocycles. The molecule has 0 bridgehead atoms. The van der Waals surface area contributed by atoms with Crippen molar-refractivity contribution in [3.8, 4) is 11.5 Å². The summed E-state index contributed by atoms with van der Waals surface area (Å²) in [5.41, 5.74) is 3.74. The van der Waals surface area contributed by atoms with Gasteiger partial charge in [-0.1, -0.05) is 32.0 Å². The fraction of sp³-hybridized carbons (Fsp3) is 0.400. The second-order valence-corrected chi connectivity index (χ2v) is 8.88. The number of rotatable bonds is 5. The van der Waals surface area contributed by atoms with Crippen LogP contribution in [-0.4, -0.2) is 44.8 Å². The maximum absolute atomic E-state index is 13.5. The van der Waals surface area contributed by atoms with E-state index in [1.165, 1.54) is 12.8 Å². The first-order chi connectivity index (χ1) is 14.4. The average Bonchev–Trinajstić information content (AvgIpc) is 2.99. The van der Waals surface area contributed by atoms with Crippen molar-refractivity contribution >= 4 is 23.2 Å². The monoisotopic (exact) mass is 406 g/mol. The third-order valence-electron chi connectivity index (χ3n) is 6.02. The van der Waals surface area contributed by atoms with Crippen molar-refractivity contribution in [2.45, 2.75) is 26.7 Å². The minimum Gasteiger partial charge on any atom is -0.497 e. The van der Waals surface area contributed by atoms with Crippen LogP contribution >= 0.6 is 0 Å². The lowest BCUT2D eigenvalue weighted by molar-refractivity contribution is -0.113. The van der Waals surface area contributed by atoms with Crippen LogP contribution in [-0.2, 0) is 4.79 Å². The Morgan fingerprint density at radius 2 is 1.90 bits per heavy atom. The van der Waals surface area contributed by atoms with Crippen molar-refractivity contribution in [1.29, 1.82) is 0 Å². The van der Waals surface area contributed by atoms with E-state index in [9.17, 15) is 4.79 Å². The highest BCUT2D eigenvalue weighted by Crippen LogP contribution is 2.40. The van der Waals surface area contributed by atoms with Gasteiger partial charge >= 0.3 is 0 Å². The maximum atomic E-state index is 13.5. The average molecular weight is 407 g/mol. The van der Waals surface area contributed by atoms with E-state index in [0.29, 0.717) is 18.0 Å². The van der Waals surface area contributed by atoms with E-state index < -0.39 is 0 Å². The summed E-state index contributed by atoms with van der Waals surface area (Å²) in [6, 6.07) is 13.7.